The highest BCUT2D eigenvalue weighted by Crippen LogP contribution is 2.21. The van der Waals surface area contributed by atoms with E-state index in [0.29, 0.717) is 23.7 Å². The molecule has 0 radical (unpaired) electrons. The Kier molecular flexibility index (Phi) is 7.41. The van der Waals surface area contributed by atoms with Gasteiger partial charge in [-0.15, -0.1) is 12.4 Å². The fraction of sp³-hybridized carbons (Fsp3) is 0.533. The van der Waals surface area contributed by atoms with Crippen molar-refractivity contribution in [3.05, 3.63) is 33.9 Å². The first-order valence-corrected chi connectivity index (χ1v) is 7.47. The summed E-state index contributed by atoms with van der Waals surface area (Å²) in [5, 5.41) is 16.8. The van der Waals surface area contributed by atoms with Gasteiger partial charge in [0.25, 0.3) is 5.69 Å². The number of carbonyl (C=O) groups is 1. The van der Waals surface area contributed by atoms with Crippen LogP contribution in [0.5, 0.6) is 0 Å². The highest BCUT2D eigenvalue weighted by Gasteiger charge is 2.18. The lowest BCUT2D eigenvalue weighted by Gasteiger charge is -2.33. The number of hydrogen-bond acceptors (Lipinski definition) is 5. The van der Waals surface area contributed by atoms with Crippen molar-refractivity contribution in [2.75, 3.05) is 31.5 Å². The molecule has 1 aliphatic rings. The minimum absolute atomic E-state index is 0. The summed E-state index contributed by atoms with van der Waals surface area (Å²) >= 11 is 0. The summed E-state index contributed by atoms with van der Waals surface area (Å²) in [6.45, 7) is 7.47. The molecule has 2 rings (SSSR count). The summed E-state index contributed by atoms with van der Waals surface area (Å²) in [6.07, 6.45) is 0.417. The van der Waals surface area contributed by atoms with Gasteiger partial charge in [-0.25, -0.2) is 0 Å². The van der Waals surface area contributed by atoms with Crippen molar-refractivity contribution in [3.8, 4) is 0 Å². The molecule has 0 aliphatic carbocycles. The molecular formula is C15H23ClN4O3. The van der Waals surface area contributed by atoms with E-state index in [9.17, 15) is 14.9 Å². The Balaban J connectivity index is 0.00000264. The number of amides is 1. The Labute approximate surface area is 142 Å². The molecule has 1 atom stereocenters. The summed E-state index contributed by atoms with van der Waals surface area (Å²) in [5.41, 5.74) is 1.35. The fourth-order valence-electron chi connectivity index (χ4n) is 2.57. The maximum atomic E-state index is 12.0. The molecular weight excluding hydrogens is 320 g/mol. The third kappa shape index (κ3) is 5.46. The molecule has 8 heteroatoms. The van der Waals surface area contributed by atoms with Crippen LogP contribution < -0.4 is 10.6 Å². The second kappa shape index (κ2) is 8.81. The van der Waals surface area contributed by atoms with Crippen molar-refractivity contribution < 1.29 is 9.72 Å². The Morgan fingerprint density at radius 1 is 1.52 bits per heavy atom. The zero-order valence-corrected chi connectivity index (χ0v) is 14.2. The summed E-state index contributed by atoms with van der Waals surface area (Å²) in [7, 11) is 0. The van der Waals surface area contributed by atoms with Crippen LogP contribution in [0.1, 0.15) is 18.9 Å². The summed E-state index contributed by atoms with van der Waals surface area (Å²) in [4.78, 5) is 24.6. The van der Waals surface area contributed by atoms with E-state index in [1.807, 2.05) is 0 Å². The third-order valence-corrected chi connectivity index (χ3v) is 3.96. The lowest BCUT2D eigenvalue weighted by atomic mass is 10.1. The molecule has 0 unspecified atom stereocenters. The lowest BCUT2D eigenvalue weighted by molar-refractivity contribution is -0.384. The molecule has 0 spiro atoms. The second-order valence-corrected chi connectivity index (χ2v) is 5.64. The molecule has 1 saturated heterocycles. The number of nitrogens with one attached hydrogen (secondary N) is 2. The number of nitro benzene ring substituents is 1. The largest absolute Gasteiger partial charge is 0.326 e. The van der Waals surface area contributed by atoms with Gasteiger partial charge < -0.3 is 10.6 Å². The average molecular weight is 343 g/mol. The van der Waals surface area contributed by atoms with Crippen molar-refractivity contribution >= 4 is 29.7 Å². The molecule has 0 aromatic heterocycles. The van der Waals surface area contributed by atoms with E-state index in [-0.39, 0.29) is 24.0 Å². The number of anilines is 1. The highest BCUT2D eigenvalue weighted by molar-refractivity contribution is 5.91. The SMILES string of the molecule is Cc1cc([N+](=O)[O-])ccc1NC(=O)CCN1CCNC[C@H]1C.Cl. The Hall–Kier alpha value is -1.70. The van der Waals surface area contributed by atoms with E-state index in [1.165, 1.54) is 12.1 Å². The van der Waals surface area contributed by atoms with Crippen LogP contribution in [0.15, 0.2) is 18.2 Å². The number of halogens is 1. The molecule has 1 aromatic carbocycles. The van der Waals surface area contributed by atoms with Crippen molar-refractivity contribution in [1.29, 1.82) is 0 Å². The molecule has 1 amide bonds. The first-order chi connectivity index (χ1) is 10.5. The Bertz CT molecular complexity index is 568. The number of non-ortho nitro benzene ring substituents is 1. The van der Waals surface area contributed by atoms with Gasteiger partial charge in [0.05, 0.1) is 4.92 Å². The fourth-order valence-corrected chi connectivity index (χ4v) is 2.57. The number of carbonyl (C=O) groups excluding carboxylic acids is 1. The Morgan fingerprint density at radius 3 is 2.87 bits per heavy atom. The van der Waals surface area contributed by atoms with Gasteiger partial charge in [0.1, 0.15) is 0 Å². The lowest BCUT2D eigenvalue weighted by Crippen LogP contribution is -2.50. The molecule has 23 heavy (non-hydrogen) atoms. The van der Waals surface area contributed by atoms with E-state index in [2.05, 4.69) is 22.5 Å². The summed E-state index contributed by atoms with van der Waals surface area (Å²) in [5.74, 6) is -0.0670. The van der Waals surface area contributed by atoms with Crippen LogP contribution in [-0.4, -0.2) is 48.0 Å². The van der Waals surface area contributed by atoms with Crippen molar-refractivity contribution in [2.45, 2.75) is 26.3 Å². The highest BCUT2D eigenvalue weighted by atomic mass is 35.5. The van der Waals surface area contributed by atoms with Crippen LogP contribution in [0.2, 0.25) is 0 Å². The number of rotatable bonds is 5. The van der Waals surface area contributed by atoms with E-state index in [0.717, 1.165) is 26.2 Å². The van der Waals surface area contributed by atoms with Crippen LogP contribution in [0.4, 0.5) is 11.4 Å². The first kappa shape index (κ1) is 19.3. The number of piperazine rings is 1. The van der Waals surface area contributed by atoms with E-state index in [4.69, 9.17) is 0 Å². The van der Waals surface area contributed by atoms with Gasteiger partial charge >= 0.3 is 0 Å². The van der Waals surface area contributed by atoms with Gasteiger partial charge in [0.2, 0.25) is 5.91 Å². The second-order valence-electron chi connectivity index (χ2n) is 5.64. The van der Waals surface area contributed by atoms with Crippen molar-refractivity contribution in [1.82, 2.24) is 10.2 Å². The maximum Gasteiger partial charge on any atom is 0.269 e. The molecule has 0 saturated carbocycles. The minimum Gasteiger partial charge on any atom is -0.326 e. The van der Waals surface area contributed by atoms with Gasteiger partial charge in [-0.05, 0) is 25.5 Å². The van der Waals surface area contributed by atoms with Gasteiger partial charge in [-0.2, -0.15) is 0 Å². The number of benzene rings is 1. The number of nitro groups is 1. The van der Waals surface area contributed by atoms with E-state index < -0.39 is 4.92 Å². The average Bonchev–Trinajstić information content (AvgIpc) is 2.48. The summed E-state index contributed by atoms with van der Waals surface area (Å²) in [6, 6.07) is 4.89. The van der Waals surface area contributed by atoms with Gasteiger partial charge in [-0.3, -0.25) is 19.8 Å². The number of nitrogens with zero attached hydrogens (tertiary/aromatic N) is 2. The Morgan fingerprint density at radius 2 is 2.26 bits per heavy atom. The van der Waals surface area contributed by atoms with Crippen molar-refractivity contribution in [2.24, 2.45) is 0 Å². The number of aryl methyl sites for hydroxylation is 1. The monoisotopic (exact) mass is 342 g/mol. The maximum absolute atomic E-state index is 12.0. The normalized spacial score (nSPS) is 18.1. The van der Waals surface area contributed by atoms with Crippen LogP contribution >= 0.6 is 12.4 Å². The molecule has 1 aromatic rings. The molecule has 7 nitrogen and oxygen atoms in total. The zero-order valence-electron chi connectivity index (χ0n) is 13.4. The summed E-state index contributed by atoms with van der Waals surface area (Å²) < 4.78 is 0. The van der Waals surface area contributed by atoms with Gasteiger partial charge in [0, 0.05) is 56.5 Å². The van der Waals surface area contributed by atoms with E-state index >= 15 is 0 Å². The molecule has 1 aliphatic heterocycles. The third-order valence-electron chi connectivity index (χ3n) is 3.96. The first-order valence-electron chi connectivity index (χ1n) is 7.47. The quantitative estimate of drug-likeness (QED) is 0.630. The predicted molar refractivity (Wildman–Crippen MR) is 92.2 cm³/mol. The molecule has 128 valence electrons. The molecule has 1 heterocycles. The van der Waals surface area contributed by atoms with Crippen LogP contribution in [-0.2, 0) is 4.79 Å². The van der Waals surface area contributed by atoms with Crippen LogP contribution in [0.3, 0.4) is 0 Å². The standard InChI is InChI=1S/C15H22N4O3.ClH/c1-11-9-13(19(21)22)3-4-14(11)17-15(20)5-7-18-8-6-16-10-12(18)2;/h3-4,9,12,16H,5-8,10H2,1-2H3,(H,17,20);1H/t12-;/m1./s1. The number of hydrogen-bond donors (Lipinski definition) is 2. The van der Waals surface area contributed by atoms with Gasteiger partial charge in [-0.1, -0.05) is 0 Å². The molecule has 2 N–H and O–H groups in total. The zero-order chi connectivity index (χ0) is 16.1. The van der Waals surface area contributed by atoms with E-state index in [1.54, 1.807) is 13.0 Å². The van der Waals surface area contributed by atoms with Crippen LogP contribution in [0, 0.1) is 17.0 Å². The smallest absolute Gasteiger partial charge is 0.269 e. The van der Waals surface area contributed by atoms with Crippen LogP contribution in [0.25, 0.3) is 0 Å². The van der Waals surface area contributed by atoms with Crippen molar-refractivity contribution in [3.63, 3.8) is 0 Å². The predicted octanol–water partition coefficient (Wildman–Crippen LogP) is 1.95. The molecule has 1 fully saturated rings. The minimum atomic E-state index is -0.440. The topological polar surface area (TPSA) is 87.5 Å². The van der Waals surface area contributed by atoms with Gasteiger partial charge in [0.15, 0.2) is 0 Å². The molecule has 0 bridgehead atoms.